The lowest BCUT2D eigenvalue weighted by Crippen LogP contribution is -2.47. The molecule has 1 aromatic carbocycles. The van der Waals surface area contributed by atoms with Crippen LogP contribution in [0.5, 0.6) is 5.75 Å². The van der Waals surface area contributed by atoms with Crippen molar-refractivity contribution in [1.82, 2.24) is 10.2 Å². The topological polar surface area (TPSA) is 41.6 Å². The number of rotatable bonds is 4. The second kappa shape index (κ2) is 7.47. The molecule has 0 aromatic heterocycles. The Morgan fingerprint density at radius 2 is 2.14 bits per heavy atom. The maximum absolute atomic E-state index is 12.2. The van der Waals surface area contributed by atoms with Crippen LogP contribution >= 0.6 is 27.5 Å². The number of nitrogens with one attached hydrogen (secondary N) is 1. The molecule has 1 aliphatic heterocycles. The number of amides is 1. The first-order chi connectivity index (χ1) is 9.97. The number of piperidine rings is 1. The van der Waals surface area contributed by atoms with Gasteiger partial charge in [-0.25, -0.2) is 0 Å². The summed E-state index contributed by atoms with van der Waals surface area (Å²) >= 11 is 9.38. The highest BCUT2D eigenvalue weighted by molar-refractivity contribution is 9.10. The lowest BCUT2D eigenvalue weighted by Gasteiger charge is -2.30. The number of carbonyl (C=O) groups excluding carboxylic acids is 1. The Kier molecular flexibility index (Phi) is 5.90. The minimum atomic E-state index is -0.556. The highest BCUT2D eigenvalue weighted by atomic mass is 79.9. The molecule has 6 heteroatoms. The Morgan fingerprint density at radius 1 is 1.48 bits per heavy atom. The number of hydrogen-bond acceptors (Lipinski definition) is 3. The maximum Gasteiger partial charge on any atom is 0.260 e. The van der Waals surface area contributed by atoms with Gasteiger partial charge in [0, 0.05) is 6.04 Å². The van der Waals surface area contributed by atoms with Crippen LogP contribution < -0.4 is 10.1 Å². The molecule has 1 unspecified atom stereocenters. The number of halogens is 2. The van der Waals surface area contributed by atoms with Gasteiger partial charge in [0.15, 0.2) is 6.10 Å². The third-order valence-corrected chi connectivity index (χ3v) is 5.02. The fraction of sp³-hybridized carbons (Fsp3) is 0.533. The first-order valence-electron chi connectivity index (χ1n) is 7.07. The molecule has 1 heterocycles. The van der Waals surface area contributed by atoms with Crippen LogP contribution in [0.1, 0.15) is 19.8 Å². The van der Waals surface area contributed by atoms with E-state index in [2.05, 4.69) is 33.2 Å². The van der Waals surface area contributed by atoms with Crippen LogP contribution in [0.25, 0.3) is 0 Å². The summed E-state index contributed by atoms with van der Waals surface area (Å²) in [5, 5.41) is 3.62. The molecule has 1 aromatic rings. The van der Waals surface area contributed by atoms with E-state index in [0.717, 1.165) is 25.9 Å². The Hall–Kier alpha value is -0.780. The molecule has 1 saturated heterocycles. The van der Waals surface area contributed by atoms with E-state index in [4.69, 9.17) is 16.3 Å². The Bertz CT molecular complexity index is 504. The van der Waals surface area contributed by atoms with Gasteiger partial charge in [-0.05, 0) is 68.0 Å². The molecule has 2 rings (SSSR count). The van der Waals surface area contributed by atoms with E-state index in [0.29, 0.717) is 15.2 Å². The van der Waals surface area contributed by atoms with Crippen LogP contribution in [-0.2, 0) is 4.79 Å². The van der Waals surface area contributed by atoms with Crippen LogP contribution in [0.15, 0.2) is 22.7 Å². The zero-order valence-electron chi connectivity index (χ0n) is 12.2. The summed E-state index contributed by atoms with van der Waals surface area (Å²) in [5.41, 5.74) is 0. The summed E-state index contributed by atoms with van der Waals surface area (Å²) in [6, 6.07) is 5.59. The van der Waals surface area contributed by atoms with Crippen molar-refractivity contribution in [3.63, 3.8) is 0 Å². The van der Waals surface area contributed by atoms with Crippen molar-refractivity contribution in [1.29, 1.82) is 0 Å². The van der Waals surface area contributed by atoms with E-state index in [-0.39, 0.29) is 11.9 Å². The molecule has 0 bridgehead atoms. The highest BCUT2D eigenvalue weighted by Gasteiger charge is 2.22. The summed E-state index contributed by atoms with van der Waals surface area (Å²) in [6.07, 6.45) is 1.41. The van der Waals surface area contributed by atoms with Crippen molar-refractivity contribution in [3.05, 3.63) is 27.7 Å². The zero-order valence-corrected chi connectivity index (χ0v) is 14.6. The molecule has 1 fully saturated rings. The van der Waals surface area contributed by atoms with Gasteiger partial charge in [0.2, 0.25) is 0 Å². The van der Waals surface area contributed by atoms with Gasteiger partial charge in [-0.15, -0.1) is 0 Å². The van der Waals surface area contributed by atoms with E-state index in [1.807, 2.05) is 0 Å². The highest BCUT2D eigenvalue weighted by Crippen LogP contribution is 2.32. The van der Waals surface area contributed by atoms with Crippen molar-refractivity contribution in [2.75, 3.05) is 20.1 Å². The first kappa shape index (κ1) is 16.6. The predicted molar refractivity (Wildman–Crippen MR) is 87.9 cm³/mol. The average Bonchev–Trinajstić information content (AvgIpc) is 2.46. The summed E-state index contributed by atoms with van der Waals surface area (Å²) in [5.74, 6) is 0.491. The molecule has 21 heavy (non-hydrogen) atoms. The number of nitrogens with zero attached hydrogens (tertiary/aromatic N) is 1. The minimum Gasteiger partial charge on any atom is -0.480 e. The van der Waals surface area contributed by atoms with E-state index in [9.17, 15) is 4.79 Å². The molecule has 4 nitrogen and oxygen atoms in total. The molecule has 0 aliphatic carbocycles. The van der Waals surface area contributed by atoms with Crippen LogP contribution in [0.2, 0.25) is 5.02 Å². The quantitative estimate of drug-likeness (QED) is 0.879. The van der Waals surface area contributed by atoms with Crippen LogP contribution in [0.3, 0.4) is 0 Å². The Labute approximate surface area is 138 Å². The normalized spacial score (nSPS) is 18.3. The number of benzene rings is 1. The average molecular weight is 376 g/mol. The summed E-state index contributed by atoms with van der Waals surface area (Å²) in [6.45, 7) is 3.78. The van der Waals surface area contributed by atoms with E-state index in [1.165, 1.54) is 0 Å². The fourth-order valence-corrected chi connectivity index (χ4v) is 2.81. The molecule has 1 aliphatic rings. The second-order valence-electron chi connectivity index (χ2n) is 5.40. The molecule has 0 spiro atoms. The molecule has 1 amide bonds. The van der Waals surface area contributed by atoms with Crippen LogP contribution in [0, 0.1) is 0 Å². The predicted octanol–water partition coefficient (Wildman–Crippen LogP) is 3.08. The molecular formula is C15H20BrClN2O2. The molecular weight excluding hydrogens is 356 g/mol. The van der Waals surface area contributed by atoms with Gasteiger partial charge in [0.25, 0.3) is 5.91 Å². The zero-order chi connectivity index (χ0) is 15.4. The smallest absolute Gasteiger partial charge is 0.260 e. The molecule has 0 radical (unpaired) electrons. The van der Waals surface area contributed by atoms with Crippen molar-refractivity contribution >= 4 is 33.4 Å². The van der Waals surface area contributed by atoms with Crippen molar-refractivity contribution in [2.45, 2.75) is 31.9 Å². The third-order valence-electron chi connectivity index (χ3n) is 3.65. The van der Waals surface area contributed by atoms with Crippen molar-refractivity contribution in [2.24, 2.45) is 0 Å². The standard InChI is InChI=1S/C15H20BrClN2O2/c1-10(21-13-5-3-4-12(17)14(13)16)15(20)18-11-6-8-19(2)9-7-11/h3-5,10-11H,6-9H2,1-2H3,(H,18,20). The monoisotopic (exact) mass is 374 g/mol. The summed E-state index contributed by atoms with van der Waals surface area (Å²) in [4.78, 5) is 14.5. The fourth-order valence-electron chi connectivity index (χ4n) is 2.29. The largest absolute Gasteiger partial charge is 0.480 e. The molecule has 116 valence electrons. The van der Waals surface area contributed by atoms with E-state index in [1.54, 1.807) is 25.1 Å². The van der Waals surface area contributed by atoms with Gasteiger partial charge >= 0.3 is 0 Å². The minimum absolute atomic E-state index is 0.0866. The van der Waals surface area contributed by atoms with E-state index < -0.39 is 6.10 Å². The third kappa shape index (κ3) is 4.59. The van der Waals surface area contributed by atoms with Gasteiger partial charge in [0.05, 0.1) is 9.50 Å². The van der Waals surface area contributed by atoms with Gasteiger partial charge in [-0.3, -0.25) is 4.79 Å². The van der Waals surface area contributed by atoms with Gasteiger partial charge in [-0.1, -0.05) is 17.7 Å². The first-order valence-corrected chi connectivity index (χ1v) is 8.24. The lowest BCUT2D eigenvalue weighted by atomic mass is 10.1. The molecule has 1 N–H and O–H groups in total. The van der Waals surface area contributed by atoms with Crippen molar-refractivity contribution in [3.8, 4) is 5.75 Å². The Balaban J connectivity index is 1.89. The van der Waals surface area contributed by atoms with Gasteiger partial charge in [-0.2, -0.15) is 0 Å². The number of ether oxygens (including phenoxy) is 1. The SMILES string of the molecule is CC(Oc1cccc(Cl)c1Br)C(=O)NC1CCN(C)CC1. The van der Waals surface area contributed by atoms with Gasteiger partial charge in [0.1, 0.15) is 5.75 Å². The van der Waals surface area contributed by atoms with Gasteiger partial charge < -0.3 is 15.0 Å². The number of hydrogen-bond donors (Lipinski definition) is 1. The Morgan fingerprint density at radius 3 is 2.81 bits per heavy atom. The number of carbonyl (C=O) groups is 1. The summed E-state index contributed by atoms with van der Waals surface area (Å²) in [7, 11) is 2.10. The molecule has 0 saturated carbocycles. The summed E-state index contributed by atoms with van der Waals surface area (Å²) < 4.78 is 6.37. The number of likely N-dealkylation sites (tertiary alicyclic amines) is 1. The van der Waals surface area contributed by atoms with Crippen LogP contribution in [-0.4, -0.2) is 43.1 Å². The van der Waals surface area contributed by atoms with Crippen molar-refractivity contribution < 1.29 is 9.53 Å². The van der Waals surface area contributed by atoms with Crippen LogP contribution in [0.4, 0.5) is 0 Å². The van der Waals surface area contributed by atoms with E-state index >= 15 is 0 Å². The second-order valence-corrected chi connectivity index (χ2v) is 6.60. The lowest BCUT2D eigenvalue weighted by molar-refractivity contribution is -0.128. The maximum atomic E-state index is 12.2. The molecule has 1 atom stereocenters.